The van der Waals surface area contributed by atoms with E-state index in [1.807, 2.05) is 48.5 Å². The van der Waals surface area contributed by atoms with E-state index in [9.17, 15) is 9.59 Å². The number of hydrogen-bond acceptors (Lipinski definition) is 5. The van der Waals surface area contributed by atoms with Gasteiger partial charge in [-0.1, -0.05) is 36.4 Å². The van der Waals surface area contributed by atoms with Crippen molar-refractivity contribution < 1.29 is 14.3 Å². The Morgan fingerprint density at radius 1 is 0.947 bits per heavy atom. The summed E-state index contributed by atoms with van der Waals surface area (Å²) in [6.07, 6.45) is 1.07. The lowest BCUT2D eigenvalue weighted by atomic mass is 9.78. The second-order valence-electron chi connectivity index (χ2n) is 9.89. The Bertz CT molecular complexity index is 1360. The molecule has 6 heteroatoms. The number of hydrogen-bond donors (Lipinski definition) is 1. The van der Waals surface area contributed by atoms with Gasteiger partial charge in [0.2, 0.25) is 5.91 Å². The van der Waals surface area contributed by atoms with Gasteiger partial charge in [0.25, 0.3) is 0 Å². The number of nitrogens with zero attached hydrogens (tertiary/aromatic N) is 2. The Morgan fingerprint density at radius 2 is 1.61 bits per heavy atom. The number of Topliss-reactive ketones (excluding diaryl/α,β-unsaturated/α-hetero) is 1. The largest absolute Gasteiger partial charge is 0.497 e. The predicted octanol–water partition coefficient (Wildman–Crippen LogP) is 6.46. The highest BCUT2D eigenvalue weighted by atomic mass is 16.5. The van der Waals surface area contributed by atoms with Crippen LogP contribution in [0.2, 0.25) is 0 Å². The Kier molecular flexibility index (Phi) is 7.23. The van der Waals surface area contributed by atoms with Crippen LogP contribution in [0.5, 0.6) is 5.75 Å². The molecule has 3 aromatic carbocycles. The smallest absolute Gasteiger partial charge is 0.224 e. The molecule has 5 rings (SSSR count). The van der Waals surface area contributed by atoms with E-state index in [4.69, 9.17) is 4.74 Å². The third kappa shape index (κ3) is 4.67. The predicted molar refractivity (Wildman–Crippen MR) is 153 cm³/mol. The van der Waals surface area contributed by atoms with Crippen molar-refractivity contribution in [2.45, 2.75) is 45.6 Å². The van der Waals surface area contributed by atoms with Crippen LogP contribution in [0.4, 0.5) is 17.1 Å². The first kappa shape index (κ1) is 25.6. The summed E-state index contributed by atoms with van der Waals surface area (Å²) in [4.78, 5) is 31.3. The molecule has 0 radical (unpaired) electrons. The molecular weight excluding hydrogens is 474 g/mol. The second kappa shape index (κ2) is 10.7. The summed E-state index contributed by atoms with van der Waals surface area (Å²) >= 11 is 0. The third-order valence-electron chi connectivity index (χ3n) is 7.75. The van der Waals surface area contributed by atoms with Crippen molar-refractivity contribution in [2.24, 2.45) is 0 Å². The molecule has 196 valence electrons. The maximum Gasteiger partial charge on any atom is 0.224 e. The number of methoxy groups -OCH3 is 1. The minimum absolute atomic E-state index is 0.0430. The molecule has 0 saturated carbocycles. The Balaban J connectivity index is 1.63. The number of allylic oxidation sites excluding steroid dienone is 1. The number of nitrogens with one attached hydrogen (secondary N) is 1. The molecule has 2 unspecified atom stereocenters. The Hall–Kier alpha value is -4.06. The van der Waals surface area contributed by atoms with E-state index in [-0.39, 0.29) is 17.6 Å². The van der Waals surface area contributed by atoms with Crippen LogP contribution >= 0.6 is 0 Å². The molecule has 0 spiro atoms. The van der Waals surface area contributed by atoms with E-state index in [0.717, 1.165) is 52.7 Å². The molecule has 2 atom stereocenters. The normalized spacial score (nSPS) is 18.7. The average molecular weight is 510 g/mol. The summed E-state index contributed by atoms with van der Waals surface area (Å²) in [7, 11) is 1.65. The molecule has 2 aliphatic rings. The average Bonchev–Trinajstić information content (AvgIpc) is 3.09. The van der Waals surface area contributed by atoms with Crippen LogP contribution in [0.1, 0.15) is 56.7 Å². The van der Waals surface area contributed by atoms with Crippen molar-refractivity contribution in [3.8, 4) is 5.75 Å². The van der Waals surface area contributed by atoms with Gasteiger partial charge in [-0.2, -0.15) is 0 Å². The van der Waals surface area contributed by atoms with Crippen molar-refractivity contribution in [1.29, 1.82) is 0 Å². The molecule has 38 heavy (non-hydrogen) atoms. The molecule has 0 aromatic heterocycles. The van der Waals surface area contributed by atoms with Gasteiger partial charge < -0.3 is 15.0 Å². The van der Waals surface area contributed by atoms with Crippen LogP contribution in [0.25, 0.3) is 0 Å². The van der Waals surface area contributed by atoms with Crippen molar-refractivity contribution in [3.05, 3.63) is 95.2 Å². The fraction of sp³-hybridized carbons (Fsp3) is 0.312. The first-order chi connectivity index (χ1) is 18.4. The number of ether oxygens (including phenoxy) is 1. The van der Waals surface area contributed by atoms with Crippen molar-refractivity contribution in [3.63, 3.8) is 0 Å². The maximum atomic E-state index is 14.0. The highest BCUT2D eigenvalue weighted by Crippen LogP contribution is 2.47. The molecule has 1 aliphatic heterocycles. The number of fused-ring (bicyclic) bond motifs is 1. The SMILES string of the molecule is CCN(CC)c1ccc(C2C3=C(CC(c4ccc(OC)cc4)CC3=O)Nc3ccccc3N2C(C)=O)cc1. The third-order valence-corrected chi connectivity index (χ3v) is 7.75. The summed E-state index contributed by atoms with van der Waals surface area (Å²) in [5, 5.41) is 3.58. The summed E-state index contributed by atoms with van der Waals surface area (Å²) in [6.45, 7) is 7.68. The number of anilines is 3. The molecule has 3 aromatic rings. The van der Waals surface area contributed by atoms with Crippen LogP contribution in [-0.2, 0) is 9.59 Å². The molecular formula is C32H35N3O3. The van der Waals surface area contributed by atoms with Gasteiger partial charge in [0.05, 0.1) is 24.5 Å². The lowest BCUT2D eigenvalue weighted by molar-refractivity contribution is -0.117. The van der Waals surface area contributed by atoms with Gasteiger partial charge in [0, 0.05) is 43.4 Å². The number of rotatable bonds is 6. The van der Waals surface area contributed by atoms with E-state index >= 15 is 0 Å². The number of benzene rings is 3. The Morgan fingerprint density at radius 3 is 2.24 bits per heavy atom. The van der Waals surface area contributed by atoms with Crippen molar-refractivity contribution >= 4 is 28.8 Å². The van der Waals surface area contributed by atoms with E-state index in [0.29, 0.717) is 18.4 Å². The van der Waals surface area contributed by atoms with Crippen molar-refractivity contribution in [1.82, 2.24) is 0 Å². The lowest BCUT2D eigenvalue weighted by Gasteiger charge is -2.35. The summed E-state index contributed by atoms with van der Waals surface area (Å²) in [5.74, 6) is 0.802. The van der Waals surface area contributed by atoms with Crippen molar-refractivity contribution in [2.75, 3.05) is 35.3 Å². The zero-order valence-corrected chi connectivity index (χ0v) is 22.5. The molecule has 1 aliphatic carbocycles. The molecule has 1 amide bonds. The van der Waals surface area contributed by atoms with Gasteiger partial charge in [-0.25, -0.2) is 0 Å². The van der Waals surface area contributed by atoms with E-state index in [1.165, 1.54) is 0 Å². The first-order valence-corrected chi connectivity index (χ1v) is 13.4. The van der Waals surface area contributed by atoms with Gasteiger partial charge in [0.15, 0.2) is 5.78 Å². The van der Waals surface area contributed by atoms with Gasteiger partial charge in [-0.3, -0.25) is 14.5 Å². The second-order valence-corrected chi connectivity index (χ2v) is 9.89. The number of ketones is 1. The van der Waals surface area contributed by atoms with Gasteiger partial charge in [-0.05, 0) is 73.7 Å². The van der Waals surface area contributed by atoms with Gasteiger partial charge in [0.1, 0.15) is 5.75 Å². The highest BCUT2D eigenvalue weighted by molar-refractivity contribution is 6.06. The molecule has 6 nitrogen and oxygen atoms in total. The van der Waals surface area contributed by atoms with Crippen LogP contribution in [-0.4, -0.2) is 31.9 Å². The standard InChI is InChI=1S/C32H35N3O3/c1-5-34(6-2)25-15-11-23(12-16-25)32-31-28(33-27-9-7-8-10-29(27)35(32)21(3)36)19-24(20-30(31)37)22-13-17-26(38-4)18-14-22/h7-18,24,32-33H,5-6,19-20H2,1-4H3. The van der Waals surface area contributed by atoms with E-state index < -0.39 is 6.04 Å². The molecule has 0 bridgehead atoms. The van der Waals surface area contributed by atoms with Gasteiger partial charge >= 0.3 is 0 Å². The quantitative estimate of drug-likeness (QED) is 0.413. The lowest BCUT2D eigenvalue weighted by Crippen LogP contribution is -2.37. The highest BCUT2D eigenvalue weighted by Gasteiger charge is 2.40. The molecule has 0 fully saturated rings. The summed E-state index contributed by atoms with van der Waals surface area (Å²) in [5.41, 5.74) is 6.34. The van der Waals surface area contributed by atoms with Crippen LogP contribution in [0.3, 0.4) is 0 Å². The Labute approximate surface area is 224 Å². The molecule has 1 N–H and O–H groups in total. The van der Waals surface area contributed by atoms with Crippen LogP contribution in [0.15, 0.2) is 84.1 Å². The fourth-order valence-electron chi connectivity index (χ4n) is 5.82. The maximum absolute atomic E-state index is 14.0. The number of carbonyl (C=O) groups is 2. The number of para-hydroxylation sites is 2. The van der Waals surface area contributed by atoms with E-state index in [2.05, 4.69) is 48.3 Å². The van der Waals surface area contributed by atoms with Gasteiger partial charge in [-0.15, -0.1) is 0 Å². The summed E-state index contributed by atoms with van der Waals surface area (Å²) in [6, 6.07) is 23.6. The van der Waals surface area contributed by atoms with Crippen LogP contribution in [0, 0.1) is 0 Å². The fourth-order valence-corrected chi connectivity index (χ4v) is 5.82. The van der Waals surface area contributed by atoms with Crippen LogP contribution < -0.4 is 19.9 Å². The zero-order chi connectivity index (χ0) is 26.8. The zero-order valence-electron chi connectivity index (χ0n) is 22.5. The minimum Gasteiger partial charge on any atom is -0.497 e. The summed E-state index contributed by atoms with van der Waals surface area (Å²) < 4.78 is 5.32. The molecule has 1 heterocycles. The minimum atomic E-state index is -0.506. The molecule has 0 saturated heterocycles. The number of amides is 1. The first-order valence-electron chi connectivity index (χ1n) is 13.4. The number of carbonyl (C=O) groups excluding carboxylic acids is 2. The monoisotopic (exact) mass is 509 g/mol. The topological polar surface area (TPSA) is 61.9 Å². The van der Waals surface area contributed by atoms with E-state index in [1.54, 1.807) is 18.9 Å².